The molecule has 6 heteroatoms. The number of fused-ring (bicyclic) bond motifs is 1. The zero-order chi connectivity index (χ0) is 24.1. The van der Waals surface area contributed by atoms with Gasteiger partial charge in [0.1, 0.15) is 17.3 Å². The molecule has 5 nitrogen and oxygen atoms in total. The Morgan fingerprint density at radius 3 is 1.91 bits per heavy atom. The van der Waals surface area contributed by atoms with Gasteiger partial charge in [0, 0.05) is 33.2 Å². The van der Waals surface area contributed by atoms with Gasteiger partial charge in [-0.3, -0.25) is 19.2 Å². The summed E-state index contributed by atoms with van der Waals surface area (Å²) < 4.78 is 0. The van der Waals surface area contributed by atoms with Crippen LogP contribution in [-0.2, 0) is 19.2 Å². The number of rotatable bonds is 4. The lowest BCUT2D eigenvalue weighted by Crippen LogP contribution is -2.54. The van der Waals surface area contributed by atoms with E-state index in [-0.39, 0.29) is 23.1 Å². The van der Waals surface area contributed by atoms with E-state index in [2.05, 4.69) is 5.32 Å². The average molecular weight is 474 g/mol. The number of carbonyl (C=O) groups is 4. The van der Waals surface area contributed by atoms with E-state index in [0.29, 0.717) is 11.1 Å². The van der Waals surface area contributed by atoms with Crippen LogP contribution in [0, 0.1) is 29.6 Å². The highest BCUT2D eigenvalue weighted by Gasteiger charge is 2.61. The number of nitrogens with one attached hydrogen (secondary N) is 1. The molecule has 3 aliphatic rings. The average Bonchev–Trinajstić information content (AvgIpc) is 3.08. The highest BCUT2D eigenvalue weighted by atomic mass is 32.2. The van der Waals surface area contributed by atoms with Crippen LogP contribution in [0.15, 0.2) is 76.7 Å². The predicted molar refractivity (Wildman–Crippen MR) is 131 cm³/mol. The number of carbonyl (C=O) groups excluding carboxylic acids is 4. The summed E-state index contributed by atoms with van der Waals surface area (Å²) in [5, 5.41) is 2.98. The zero-order valence-corrected chi connectivity index (χ0v) is 20.2. The topological polar surface area (TPSA) is 80.3 Å². The largest absolute Gasteiger partial charge is 0.377 e. The molecule has 0 aromatic heterocycles. The van der Waals surface area contributed by atoms with Gasteiger partial charge in [-0.1, -0.05) is 43.3 Å². The van der Waals surface area contributed by atoms with Crippen molar-refractivity contribution in [2.75, 3.05) is 5.32 Å². The molecule has 5 rings (SSSR count). The molecule has 0 saturated heterocycles. The van der Waals surface area contributed by atoms with Crippen LogP contribution in [0.1, 0.15) is 20.8 Å². The fraction of sp³-hybridized carbons (Fsp3) is 0.357. The molecule has 34 heavy (non-hydrogen) atoms. The highest BCUT2D eigenvalue weighted by Crippen LogP contribution is 2.53. The molecule has 0 aliphatic heterocycles. The van der Waals surface area contributed by atoms with Crippen LogP contribution in [0.4, 0.5) is 5.69 Å². The molecule has 7 atom stereocenters. The second-order valence-corrected chi connectivity index (χ2v) is 10.7. The summed E-state index contributed by atoms with van der Waals surface area (Å²) in [6, 6.07) is 18.5. The van der Waals surface area contributed by atoms with Crippen LogP contribution in [0.3, 0.4) is 0 Å². The lowest BCUT2D eigenvalue weighted by Gasteiger charge is -2.45. The number of Topliss-reactive ketones (excluding diaryl/α,β-unsaturated/α-hetero) is 4. The molecule has 1 fully saturated rings. The predicted octanol–water partition coefficient (Wildman–Crippen LogP) is 4.38. The lowest BCUT2D eigenvalue weighted by molar-refractivity contribution is -0.134. The van der Waals surface area contributed by atoms with Crippen molar-refractivity contribution < 1.29 is 19.2 Å². The number of hydrogen-bond acceptors (Lipinski definition) is 6. The van der Waals surface area contributed by atoms with E-state index in [9.17, 15) is 19.2 Å². The third-order valence-corrected chi connectivity index (χ3v) is 8.94. The first-order valence-electron chi connectivity index (χ1n) is 11.7. The van der Waals surface area contributed by atoms with Gasteiger partial charge in [0.25, 0.3) is 0 Å². The number of hydrogen-bond donors (Lipinski definition) is 1. The maximum atomic E-state index is 13.6. The van der Waals surface area contributed by atoms with Gasteiger partial charge in [-0.05, 0) is 43.7 Å². The van der Waals surface area contributed by atoms with Crippen molar-refractivity contribution >= 4 is 40.6 Å². The number of ketones is 4. The summed E-state index contributed by atoms with van der Waals surface area (Å²) in [7, 11) is 0. The fourth-order valence-electron chi connectivity index (χ4n) is 5.81. The molecule has 2 aromatic rings. The second-order valence-electron chi connectivity index (χ2n) is 9.50. The van der Waals surface area contributed by atoms with Gasteiger partial charge in [-0.2, -0.15) is 0 Å². The van der Waals surface area contributed by atoms with Gasteiger partial charge >= 0.3 is 0 Å². The Hall–Kier alpha value is -2.99. The Bertz CT molecular complexity index is 1210. The summed E-state index contributed by atoms with van der Waals surface area (Å²) in [5.41, 5.74) is 2.01. The van der Waals surface area contributed by atoms with Gasteiger partial charge in [0.15, 0.2) is 5.78 Å². The molecule has 174 valence electrons. The molecule has 3 unspecified atom stereocenters. The molecule has 1 N–H and O–H groups in total. The Morgan fingerprint density at radius 1 is 0.676 bits per heavy atom. The highest BCUT2D eigenvalue weighted by molar-refractivity contribution is 8.00. The minimum Gasteiger partial charge on any atom is -0.377 e. The van der Waals surface area contributed by atoms with Crippen LogP contribution < -0.4 is 5.32 Å². The van der Waals surface area contributed by atoms with Crippen LogP contribution in [0.5, 0.6) is 0 Å². The second kappa shape index (κ2) is 8.66. The first-order chi connectivity index (χ1) is 16.3. The van der Waals surface area contributed by atoms with E-state index in [1.807, 2.05) is 67.6 Å². The SMILES string of the molecule is CC1C(=O)C2=C(C(C)C1=O)[C@H](Sc1ccccc1)[C@H]1C(=O)C(C)C(=O)[C@H]1[C@H]2Nc1ccccc1. The number of thioether (sulfide) groups is 1. The lowest BCUT2D eigenvalue weighted by atomic mass is 9.63. The summed E-state index contributed by atoms with van der Waals surface area (Å²) >= 11 is 1.49. The molecule has 0 radical (unpaired) electrons. The van der Waals surface area contributed by atoms with Crippen molar-refractivity contribution in [1.29, 1.82) is 0 Å². The monoisotopic (exact) mass is 473 g/mol. The summed E-state index contributed by atoms with van der Waals surface area (Å²) in [6.07, 6.45) is 0. The van der Waals surface area contributed by atoms with Crippen LogP contribution in [-0.4, -0.2) is 34.4 Å². The first kappa shape index (κ1) is 22.8. The first-order valence-corrected chi connectivity index (χ1v) is 12.6. The maximum Gasteiger partial charge on any atom is 0.171 e. The molecular formula is C28H27NO4S. The minimum absolute atomic E-state index is 0.0967. The van der Waals surface area contributed by atoms with E-state index in [4.69, 9.17) is 0 Å². The van der Waals surface area contributed by atoms with Crippen molar-refractivity contribution in [1.82, 2.24) is 0 Å². The smallest absolute Gasteiger partial charge is 0.171 e. The Balaban J connectivity index is 1.72. The van der Waals surface area contributed by atoms with Crippen molar-refractivity contribution in [3.63, 3.8) is 0 Å². The molecule has 0 heterocycles. The molecule has 0 spiro atoms. The molecule has 2 aromatic carbocycles. The third kappa shape index (κ3) is 3.47. The standard InChI is InChI=1S/C28H27NO4S/c1-14-19-20(25(31)15(2)24(14)30)23(29-17-10-6-4-7-11-17)21-22(27(33)16(3)26(21)32)28(19)34-18-12-8-5-9-13-18/h4-16,21-23,28-29H,1-3H3/t14?,15?,16?,21-,22-,23+,28+/m1/s1. The Labute approximate surface area is 203 Å². The fourth-order valence-corrected chi connectivity index (χ4v) is 7.33. The number of para-hydroxylation sites is 1. The minimum atomic E-state index is -0.766. The van der Waals surface area contributed by atoms with Gasteiger partial charge in [0.2, 0.25) is 0 Å². The van der Waals surface area contributed by atoms with E-state index in [1.54, 1.807) is 13.8 Å². The number of anilines is 1. The Morgan fingerprint density at radius 2 is 1.26 bits per heavy atom. The van der Waals surface area contributed by atoms with Crippen molar-refractivity contribution in [3.8, 4) is 0 Å². The summed E-state index contributed by atoms with van der Waals surface area (Å²) in [5.74, 6) is -3.81. The summed E-state index contributed by atoms with van der Waals surface area (Å²) in [4.78, 5) is 54.7. The third-order valence-electron chi connectivity index (χ3n) is 7.59. The number of benzene rings is 2. The van der Waals surface area contributed by atoms with E-state index in [0.717, 1.165) is 10.6 Å². The molecule has 0 bridgehead atoms. The van der Waals surface area contributed by atoms with Crippen LogP contribution in [0.2, 0.25) is 0 Å². The van der Waals surface area contributed by atoms with Crippen molar-refractivity contribution in [2.45, 2.75) is 37.0 Å². The Kier molecular flexibility index (Phi) is 5.80. The normalized spacial score (nSPS) is 33.1. The van der Waals surface area contributed by atoms with Gasteiger partial charge in [0.05, 0.1) is 23.8 Å². The molecule has 0 amide bonds. The quantitative estimate of drug-likeness (QED) is 0.664. The summed E-state index contributed by atoms with van der Waals surface area (Å²) in [6.45, 7) is 5.16. The van der Waals surface area contributed by atoms with Crippen LogP contribution >= 0.6 is 11.8 Å². The maximum absolute atomic E-state index is 13.6. The van der Waals surface area contributed by atoms with Crippen molar-refractivity contribution in [3.05, 3.63) is 71.8 Å². The van der Waals surface area contributed by atoms with E-state index in [1.165, 1.54) is 11.8 Å². The molecular weight excluding hydrogens is 446 g/mol. The van der Waals surface area contributed by atoms with E-state index >= 15 is 0 Å². The van der Waals surface area contributed by atoms with Gasteiger partial charge in [-0.25, -0.2) is 0 Å². The molecule has 3 aliphatic carbocycles. The zero-order valence-electron chi connectivity index (χ0n) is 19.4. The van der Waals surface area contributed by atoms with Gasteiger partial charge in [-0.15, -0.1) is 11.8 Å². The van der Waals surface area contributed by atoms with Gasteiger partial charge < -0.3 is 5.32 Å². The molecule has 1 saturated carbocycles. The van der Waals surface area contributed by atoms with Crippen LogP contribution in [0.25, 0.3) is 0 Å². The van der Waals surface area contributed by atoms with Crippen molar-refractivity contribution in [2.24, 2.45) is 29.6 Å². The van der Waals surface area contributed by atoms with E-state index < -0.39 is 40.9 Å².